The Bertz CT molecular complexity index is 1110. The molecule has 3 rings (SSSR count). The van der Waals surface area contributed by atoms with Gasteiger partial charge in [-0.3, -0.25) is 14.5 Å². The zero-order valence-electron chi connectivity index (χ0n) is 16.3. The van der Waals surface area contributed by atoms with E-state index in [0.29, 0.717) is 29.7 Å². The van der Waals surface area contributed by atoms with Crippen molar-refractivity contribution in [2.45, 2.75) is 13.8 Å². The van der Waals surface area contributed by atoms with E-state index in [-0.39, 0.29) is 16.6 Å². The number of ketones is 1. The molecule has 154 valence electrons. The fourth-order valence-electron chi connectivity index (χ4n) is 2.69. The maximum atomic E-state index is 14.2. The Hall–Kier alpha value is -3.39. The molecule has 1 amide bonds. The van der Waals surface area contributed by atoms with Gasteiger partial charge in [0.15, 0.2) is 10.9 Å². The van der Waals surface area contributed by atoms with Crippen LogP contribution in [-0.2, 0) is 4.79 Å². The van der Waals surface area contributed by atoms with Gasteiger partial charge in [-0.15, -0.1) is 11.3 Å². The van der Waals surface area contributed by atoms with Crippen LogP contribution >= 0.6 is 11.3 Å². The first kappa shape index (κ1) is 21.3. The second-order valence-electron chi connectivity index (χ2n) is 6.16. The molecule has 0 fully saturated rings. The van der Waals surface area contributed by atoms with Crippen LogP contribution in [0.1, 0.15) is 29.9 Å². The van der Waals surface area contributed by atoms with Crippen LogP contribution in [0, 0.1) is 11.6 Å². The number of anilines is 2. The lowest BCUT2D eigenvalue weighted by Gasteiger charge is -2.18. The maximum Gasteiger partial charge on any atom is 0.230 e. The number of ether oxygens (including phenoxy) is 1. The van der Waals surface area contributed by atoms with E-state index in [1.807, 2.05) is 6.92 Å². The summed E-state index contributed by atoms with van der Waals surface area (Å²) in [5.41, 5.74) is 0.794. The lowest BCUT2D eigenvalue weighted by atomic mass is 10.1. The molecular weight excluding hydrogens is 410 g/mol. The highest BCUT2D eigenvalue weighted by atomic mass is 32.1. The molecule has 0 aliphatic carbocycles. The van der Waals surface area contributed by atoms with Crippen LogP contribution in [-0.4, -0.2) is 23.3 Å². The van der Waals surface area contributed by atoms with Gasteiger partial charge in [-0.1, -0.05) is 12.1 Å². The van der Waals surface area contributed by atoms with Gasteiger partial charge in [0.05, 0.1) is 18.0 Å². The Morgan fingerprint density at radius 1 is 1.20 bits per heavy atom. The minimum Gasteiger partial charge on any atom is -0.494 e. The van der Waals surface area contributed by atoms with Crippen LogP contribution in [0.15, 0.2) is 53.9 Å². The SMILES string of the molecule is CCOc1cccc(C(=O)C=Cc2csc(N(C(C)=O)c3ccc(F)cc3F)n2)c1. The van der Waals surface area contributed by atoms with Crippen molar-refractivity contribution in [2.75, 3.05) is 11.5 Å². The van der Waals surface area contributed by atoms with E-state index in [9.17, 15) is 18.4 Å². The first-order valence-corrected chi connectivity index (χ1v) is 9.93. The summed E-state index contributed by atoms with van der Waals surface area (Å²) in [5, 5.41) is 1.84. The van der Waals surface area contributed by atoms with E-state index in [4.69, 9.17) is 4.74 Å². The summed E-state index contributed by atoms with van der Waals surface area (Å²) < 4.78 is 32.7. The van der Waals surface area contributed by atoms with Crippen molar-refractivity contribution in [3.05, 3.63) is 76.8 Å². The molecule has 0 bridgehead atoms. The van der Waals surface area contributed by atoms with E-state index in [0.717, 1.165) is 22.3 Å². The Morgan fingerprint density at radius 3 is 2.70 bits per heavy atom. The third kappa shape index (κ3) is 4.96. The molecule has 0 saturated carbocycles. The number of halogens is 2. The molecule has 0 N–H and O–H groups in total. The molecule has 30 heavy (non-hydrogen) atoms. The van der Waals surface area contributed by atoms with Gasteiger partial charge >= 0.3 is 0 Å². The number of carbonyl (C=O) groups is 2. The fraction of sp³-hybridized carbons (Fsp3) is 0.136. The highest BCUT2D eigenvalue weighted by Gasteiger charge is 2.21. The fourth-order valence-corrected chi connectivity index (χ4v) is 3.54. The van der Waals surface area contributed by atoms with Crippen molar-refractivity contribution >= 4 is 39.9 Å². The standard InChI is InChI=1S/C22H18F2N2O3S/c1-3-29-18-6-4-5-15(11-18)21(28)10-8-17-13-30-22(25-17)26(14(2)27)20-9-7-16(23)12-19(20)24/h4-13H,3H2,1-2H3. The summed E-state index contributed by atoms with van der Waals surface area (Å²) in [6, 6.07) is 9.77. The van der Waals surface area contributed by atoms with Crippen LogP contribution in [0.5, 0.6) is 5.75 Å². The minimum atomic E-state index is -0.873. The third-order valence-electron chi connectivity index (χ3n) is 4.00. The van der Waals surface area contributed by atoms with Gasteiger partial charge in [-0.2, -0.15) is 0 Å². The van der Waals surface area contributed by atoms with Gasteiger partial charge in [0.25, 0.3) is 0 Å². The minimum absolute atomic E-state index is 0.0994. The molecule has 0 unspecified atom stereocenters. The molecule has 5 nitrogen and oxygen atoms in total. The average molecular weight is 428 g/mol. The molecule has 1 heterocycles. The van der Waals surface area contributed by atoms with E-state index < -0.39 is 17.5 Å². The molecular formula is C22H18F2N2O3S. The van der Waals surface area contributed by atoms with E-state index in [1.54, 1.807) is 29.6 Å². The summed E-state index contributed by atoms with van der Waals surface area (Å²) in [6.45, 7) is 3.61. The molecule has 0 saturated heterocycles. The number of benzene rings is 2. The zero-order chi connectivity index (χ0) is 21.7. The number of rotatable bonds is 7. The van der Waals surface area contributed by atoms with Gasteiger partial charge < -0.3 is 4.74 Å². The van der Waals surface area contributed by atoms with E-state index in [1.165, 1.54) is 25.1 Å². The number of hydrogen-bond acceptors (Lipinski definition) is 5. The molecule has 3 aromatic rings. The first-order valence-electron chi connectivity index (χ1n) is 9.05. The number of hydrogen-bond donors (Lipinski definition) is 0. The average Bonchev–Trinajstić information content (AvgIpc) is 3.17. The normalized spacial score (nSPS) is 10.9. The predicted molar refractivity (Wildman–Crippen MR) is 112 cm³/mol. The molecule has 8 heteroatoms. The Kier molecular flexibility index (Phi) is 6.68. The van der Waals surface area contributed by atoms with Crippen LogP contribution in [0.4, 0.5) is 19.6 Å². The predicted octanol–water partition coefficient (Wildman–Crippen LogP) is 5.40. The van der Waals surface area contributed by atoms with Crippen LogP contribution in [0.25, 0.3) is 6.08 Å². The highest BCUT2D eigenvalue weighted by Crippen LogP contribution is 2.31. The van der Waals surface area contributed by atoms with Gasteiger partial charge in [0.2, 0.25) is 5.91 Å². The first-order chi connectivity index (χ1) is 14.4. The van der Waals surface area contributed by atoms with Crippen LogP contribution in [0.3, 0.4) is 0 Å². The Morgan fingerprint density at radius 2 is 2.00 bits per heavy atom. The molecule has 2 aromatic carbocycles. The molecule has 0 radical (unpaired) electrons. The summed E-state index contributed by atoms with van der Waals surface area (Å²) in [7, 11) is 0. The molecule has 0 spiro atoms. The van der Waals surface area contributed by atoms with Gasteiger partial charge in [-0.25, -0.2) is 13.8 Å². The highest BCUT2D eigenvalue weighted by molar-refractivity contribution is 7.14. The van der Waals surface area contributed by atoms with Crippen LogP contribution in [0.2, 0.25) is 0 Å². The summed E-state index contributed by atoms with van der Waals surface area (Å²) in [5.74, 6) is -1.73. The van der Waals surface area contributed by atoms with E-state index in [2.05, 4.69) is 4.98 Å². The number of amides is 1. The van der Waals surface area contributed by atoms with E-state index >= 15 is 0 Å². The zero-order valence-corrected chi connectivity index (χ0v) is 17.1. The summed E-state index contributed by atoms with van der Waals surface area (Å²) in [6.07, 6.45) is 2.87. The Labute approximate surface area is 176 Å². The number of aromatic nitrogens is 1. The third-order valence-corrected chi connectivity index (χ3v) is 4.85. The monoisotopic (exact) mass is 428 g/mol. The Balaban J connectivity index is 1.81. The van der Waals surface area contributed by atoms with Crippen molar-refractivity contribution in [1.29, 1.82) is 0 Å². The number of thiazole rings is 1. The van der Waals surface area contributed by atoms with Gasteiger partial charge in [0, 0.05) is 23.9 Å². The van der Waals surface area contributed by atoms with Gasteiger partial charge in [0.1, 0.15) is 17.4 Å². The number of allylic oxidation sites excluding steroid dienone is 1. The second-order valence-corrected chi connectivity index (χ2v) is 7.00. The largest absolute Gasteiger partial charge is 0.494 e. The smallest absolute Gasteiger partial charge is 0.230 e. The summed E-state index contributed by atoms with van der Waals surface area (Å²) >= 11 is 1.10. The van der Waals surface area contributed by atoms with Crippen molar-refractivity contribution in [2.24, 2.45) is 0 Å². The van der Waals surface area contributed by atoms with Crippen molar-refractivity contribution in [3.63, 3.8) is 0 Å². The summed E-state index contributed by atoms with van der Waals surface area (Å²) in [4.78, 5) is 29.8. The van der Waals surface area contributed by atoms with Crippen molar-refractivity contribution in [3.8, 4) is 5.75 Å². The quantitative estimate of drug-likeness (QED) is 0.373. The molecule has 1 aromatic heterocycles. The lowest BCUT2D eigenvalue weighted by Crippen LogP contribution is -2.23. The molecule has 0 aliphatic rings. The molecule has 0 aliphatic heterocycles. The maximum absolute atomic E-state index is 14.2. The second kappa shape index (κ2) is 9.41. The number of carbonyl (C=O) groups excluding carboxylic acids is 2. The van der Waals surface area contributed by atoms with Gasteiger partial charge in [-0.05, 0) is 43.3 Å². The van der Waals surface area contributed by atoms with Crippen molar-refractivity contribution in [1.82, 2.24) is 4.98 Å². The number of nitrogens with zero attached hydrogens (tertiary/aromatic N) is 2. The van der Waals surface area contributed by atoms with Crippen molar-refractivity contribution < 1.29 is 23.1 Å². The van der Waals surface area contributed by atoms with Crippen LogP contribution < -0.4 is 9.64 Å². The molecule has 0 atom stereocenters. The topological polar surface area (TPSA) is 59.5 Å². The lowest BCUT2D eigenvalue weighted by molar-refractivity contribution is -0.115.